The number of nitrogens with zero attached hydrogens (tertiary/aromatic N) is 1. The molecule has 0 radical (unpaired) electrons. The molecule has 0 spiro atoms. The van der Waals surface area contributed by atoms with Gasteiger partial charge in [0, 0.05) is 17.5 Å². The smallest absolute Gasteiger partial charge is 0.256 e. The van der Waals surface area contributed by atoms with Crippen LogP contribution in [0, 0.1) is 5.92 Å². The van der Waals surface area contributed by atoms with Gasteiger partial charge in [0.25, 0.3) is 11.8 Å². The Morgan fingerprint density at radius 3 is 2.61 bits per heavy atom. The van der Waals surface area contributed by atoms with E-state index in [0.29, 0.717) is 22.2 Å². The molecule has 0 fully saturated rings. The number of amides is 2. The summed E-state index contributed by atoms with van der Waals surface area (Å²) in [5, 5.41) is 3.24. The predicted molar refractivity (Wildman–Crippen MR) is 126 cm³/mol. The molecule has 0 unspecified atom stereocenters. The molecule has 174 valence electrons. The van der Waals surface area contributed by atoms with Crippen LogP contribution in [-0.2, 0) is 29.4 Å². The molecular weight excluding hydrogens is 462 g/mol. The van der Waals surface area contributed by atoms with Crippen molar-refractivity contribution in [1.29, 1.82) is 0 Å². The van der Waals surface area contributed by atoms with Gasteiger partial charge in [-0.2, -0.15) is 4.31 Å². The number of sulfonamides is 1. The lowest BCUT2D eigenvalue weighted by atomic mass is 9.88. The van der Waals surface area contributed by atoms with Crippen molar-refractivity contribution >= 4 is 38.2 Å². The van der Waals surface area contributed by atoms with E-state index in [1.54, 1.807) is 12.1 Å². The van der Waals surface area contributed by atoms with E-state index in [1.165, 1.54) is 53.2 Å². The molecule has 33 heavy (non-hydrogen) atoms. The maximum absolute atomic E-state index is 12.8. The normalized spacial score (nSPS) is 15.9. The summed E-state index contributed by atoms with van der Waals surface area (Å²) in [6.45, 7) is 2.25. The van der Waals surface area contributed by atoms with Crippen LogP contribution in [0.1, 0.15) is 50.3 Å². The Balaban J connectivity index is 1.52. The number of nitrogens with one attached hydrogen (secondary N) is 1. The van der Waals surface area contributed by atoms with Crippen molar-refractivity contribution in [1.82, 2.24) is 4.31 Å². The third kappa shape index (κ3) is 4.73. The zero-order chi connectivity index (χ0) is 23.8. The molecule has 8 nitrogen and oxygen atoms in total. The molecule has 3 aromatic rings. The third-order valence-electron chi connectivity index (χ3n) is 5.77. The minimum absolute atomic E-state index is 0.0616. The maximum Gasteiger partial charge on any atom is 0.256 e. The van der Waals surface area contributed by atoms with Crippen LogP contribution in [0.4, 0.5) is 5.00 Å². The van der Waals surface area contributed by atoms with E-state index in [1.807, 2.05) is 0 Å². The summed E-state index contributed by atoms with van der Waals surface area (Å²) in [7, 11) is -2.30. The third-order valence-corrected chi connectivity index (χ3v) is 8.76. The Morgan fingerprint density at radius 1 is 1.24 bits per heavy atom. The number of furan rings is 1. The fourth-order valence-corrected chi connectivity index (χ4v) is 6.49. The van der Waals surface area contributed by atoms with Gasteiger partial charge in [-0.3, -0.25) is 9.59 Å². The summed E-state index contributed by atoms with van der Waals surface area (Å²) in [6, 6.07) is 9.06. The standard InChI is InChI=1S/C23H25N3O5S2/c1-14-5-10-18-19(12-14)32-23(20(18)21(24)27)25-22(28)15-6-8-17(9-7-15)33(29,30)26(2)13-16-4-3-11-31-16/h3-4,6-9,11,14H,5,10,12-13H2,1-2H3,(H2,24,27)(H,25,28)/t14-/m0/s1. The SMILES string of the molecule is C[C@H]1CCc2c(sc(NC(=O)c3ccc(S(=O)(=O)N(C)Cc4ccco4)cc3)c2C(N)=O)C1. The summed E-state index contributed by atoms with van der Waals surface area (Å²) in [5.74, 6) is 0.0478. The van der Waals surface area contributed by atoms with Crippen LogP contribution in [0.3, 0.4) is 0 Å². The number of carbonyl (C=O) groups excluding carboxylic acids is 2. The van der Waals surface area contributed by atoms with Crippen molar-refractivity contribution in [2.75, 3.05) is 12.4 Å². The van der Waals surface area contributed by atoms with Crippen molar-refractivity contribution in [3.8, 4) is 0 Å². The molecule has 2 aromatic heterocycles. The van der Waals surface area contributed by atoms with Gasteiger partial charge in [0.05, 0.1) is 23.3 Å². The lowest BCUT2D eigenvalue weighted by Gasteiger charge is -2.18. The highest BCUT2D eigenvalue weighted by Crippen LogP contribution is 2.39. The Labute approximate surface area is 196 Å². The monoisotopic (exact) mass is 487 g/mol. The van der Waals surface area contributed by atoms with Gasteiger partial charge >= 0.3 is 0 Å². The van der Waals surface area contributed by atoms with Crippen molar-refractivity contribution in [3.63, 3.8) is 0 Å². The van der Waals surface area contributed by atoms with Gasteiger partial charge in [0.1, 0.15) is 10.8 Å². The van der Waals surface area contributed by atoms with Gasteiger partial charge in [-0.15, -0.1) is 11.3 Å². The number of hydrogen-bond acceptors (Lipinski definition) is 6. The summed E-state index contributed by atoms with van der Waals surface area (Å²) in [5.41, 5.74) is 7.21. The first-order valence-corrected chi connectivity index (χ1v) is 12.8. The number of nitrogens with two attached hydrogens (primary N) is 1. The van der Waals surface area contributed by atoms with Crippen LogP contribution < -0.4 is 11.1 Å². The number of thiophene rings is 1. The minimum Gasteiger partial charge on any atom is -0.468 e. The van der Waals surface area contributed by atoms with E-state index in [-0.39, 0.29) is 17.0 Å². The quantitative estimate of drug-likeness (QED) is 0.527. The maximum atomic E-state index is 12.8. The molecule has 0 saturated carbocycles. The van der Waals surface area contributed by atoms with Crippen LogP contribution >= 0.6 is 11.3 Å². The molecule has 1 atom stereocenters. The molecule has 4 rings (SSSR count). The lowest BCUT2D eigenvalue weighted by molar-refractivity contribution is 0.1000. The number of fused-ring (bicyclic) bond motifs is 1. The van der Waals surface area contributed by atoms with Gasteiger partial charge < -0.3 is 15.5 Å². The highest BCUT2D eigenvalue weighted by molar-refractivity contribution is 7.89. The summed E-state index contributed by atoms with van der Waals surface area (Å²) in [4.78, 5) is 26.1. The second kappa shape index (κ2) is 9.12. The topological polar surface area (TPSA) is 123 Å². The van der Waals surface area contributed by atoms with Gasteiger partial charge in [0.2, 0.25) is 10.0 Å². The zero-order valence-corrected chi connectivity index (χ0v) is 20.0. The molecule has 3 N–H and O–H groups in total. The summed E-state index contributed by atoms with van der Waals surface area (Å²) < 4.78 is 32.0. The first-order chi connectivity index (χ1) is 15.7. The lowest BCUT2D eigenvalue weighted by Crippen LogP contribution is -2.26. The van der Waals surface area contributed by atoms with Crippen molar-refractivity contribution < 1.29 is 22.4 Å². The first-order valence-electron chi connectivity index (χ1n) is 10.5. The molecule has 1 aliphatic rings. The van der Waals surface area contributed by atoms with Crippen LogP contribution in [0.2, 0.25) is 0 Å². The summed E-state index contributed by atoms with van der Waals surface area (Å²) >= 11 is 1.39. The zero-order valence-electron chi connectivity index (χ0n) is 18.3. The van der Waals surface area contributed by atoms with Crippen LogP contribution in [0.25, 0.3) is 0 Å². The van der Waals surface area contributed by atoms with E-state index < -0.39 is 21.8 Å². The highest BCUT2D eigenvalue weighted by Gasteiger charge is 2.28. The van der Waals surface area contributed by atoms with E-state index in [0.717, 1.165) is 29.7 Å². The molecule has 10 heteroatoms. The van der Waals surface area contributed by atoms with Gasteiger partial charge in [-0.25, -0.2) is 8.42 Å². The molecular formula is C23H25N3O5S2. The average Bonchev–Trinajstić information content (AvgIpc) is 3.40. The Hall–Kier alpha value is -2.95. The van der Waals surface area contributed by atoms with Gasteiger partial charge in [-0.1, -0.05) is 6.92 Å². The number of carbonyl (C=O) groups is 2. The minimum atomic E-state index is -3.76. The van der Waals surface area contributed by atoms with Crippen LogP contribution in [-0.4, -0.2) is 31.6 Å². The van der Waals surface area contributed by atoms with E-state index in [2.05, 4.69) is 12.2 Å². The fourth-order valence-electron chi connectivity index (χ4n) is 3.94. The largest absolute Gasteiger partial charge is 0.468 e. The predicted octanol–water partition coefficient (Wildman–Crippen LogP) is 3.64. The van der Waals surface area contributed by atoms with Crippen molar-refractivity contribution in [2.45, 2.75) is 37.6 Å². The van der Waals surface area contributed by atoms with E-state index >= 15 is 0 Å². The molecule has 2 heterocycles. The van der Waals surface area contributed by atoms with Crippen LogP contribution in [0.5, 0.6) is 0 Å². The second-order valence-corrected chi connectivity index (χ2v) is 11.4. The Bertz CT molecular complexity index is 1280. The van der Waals surface area contributed by atoms with Gasteiger partial charge in [0.15, 0.2) is 0 Å². The second-order valence-electron chi connectivity index (χ2n) is 8.24. The van der Waals surface area contributed by atoms with Crippen LogP contribution in [0.15, 0.2) is 52.0 Å². The first kappa shape index (κ1) is 23.2. The van der Waals surface area contributed by atoms with E-state index in [9.17, 15) is 18.0 Å². The van der Waals surface area contributed by atoms with Gasteiger partial charge in [-0.05, 0) is 67.1 Å². The van der Waals surface area contributed by atoms with Crippen molar-refractivity contribution in [2.24, 2.45) is 11.7 Å². The molecule has 2 amide bonds. The number of hydrogen-bond donors (Lipinski definition) is 2. The summed E-state index contributed by atoms with van der Waals surface area (Å²) in [6.07, 6.45) is 4.08. The molecule has 0 saturated heterocycles. The molecule has 0 aliphatic heterocycles. The molecule has 1 aromatic carbocycles. The fraction of sp³-hybridized carbons (Fsp3) is 0.304. The number of primary amides is 1. The number of benzene rings is 1. The Morgan fingerprint density at radius 2 is 1.97 bits per heavy atom. The number of anilines is 1. The van der Waals surface area contributed by atoms with E-state index in [4.69, 9.17) is 10.2 Å². The molecule has 1 aliphatic carbocycles. The molecule has 0 bridgehead atoms. The Kier molecular flexibility index (Phi) is 6.42. The highest BCUT2D eigenvalue weighted by atomic mass is 32.2. The average molecular weight is 488 g/mol. The number of rotatable bonds is 7. The van der Waals surface area contributed by atoms with Crippen molar-refractivity contribution in [3.05, 3.63) is 70.0 Å².